The Labute approximate surface area is 120 Å². The van der Waals surface area contributed by atoms with Gasteiger partial charge in [0.05, 0.1) is 0 Å². The van der Waals surface area contributed by atoms with Gasteiger partial charge in [-0.3, -0.25) is 4.79 Å². The molecule has 0 radical (unpaired) electrons. The second-order valence-electron chi connectivity index (χ2n) is 5.82. The van der Waals surface area contributed by atoms with Gasteiger partial charge in [0.15, 0.2) is 0 Å². The molecule has 2 heterocycles. The van der Waals surface area contributed by atoms with E-state index in [0.717, 1.165) is 31.6 Å². The lowest BCUT2D eigenvalue weighted by atomic mass is 10.1. The van der Waals surface area contributed by atoms with Gasteiger partial charge < -0.3 is 15.1 Å². The molecule has 4 nitrogen and oxygen atoms in total. The normalized spacial score (nSPS) is 17.9. The number of carbonyl (C=O) groups is 1. The number of anilines is 1. The Morgan fingerprint density at radius 3 is 2.95 bits per heavy atom. The number of fused-ring (bicyclic) bond motifs is 1. The van der Waals surface area contributed by atoms with Crippen LogP contribution < -0.4 is 5.32 Å². The molecule has 1 aromatic rings. The molecule has 4 heteroatoms. The first-order valence-electron chi connectivity index (χ1n) is 7.58. The van der Waals surface area contributed by atoms with Gasteiger partial charge in [0.25, 0.3) is 5.91 Å². The fraction of sp³-hybridized carbons (Fsp3) is 0.562. The van der Waals surface area contributed by atoms with Gasteiger partial charge in [-0.25, -0.2) is 0 Å². The van der Waals surface area contributed by atoms with Crippen LogP contribution in [0.2, 0.25) is 0 Å². The van der Waals surface area contributed by atoms with Crippen molar-refractivity contribution >= 4 is 11.6 Å². The molecule has 0 spiro atoms. The van der Waals surface area contributed by atoms with E-state index in [-0.39, 0.29) is 5.91 Å². The fourth-order valence-electron chi connectivity index (χ4n) is 3.06. The number of hydrogen-bond donors (Lipinski definition) is 1. The van der Waals surface area contributed by atoms with E-state index in [1.54, 1.807) is 0 Å². The zero-order valence-corrected chi connectivity index (χ0v) is 12.2. The molecule has 3 rings (SSSR count). The molecule has 1 aromatic carbocycles. The third kappa shape index (κ3) is 2.80. The number of benzene rings is 1. The van der Waals surface area contributed by atoms with Gasteiger partial charge in [-0.15, -0.1) is 0 Å². The minimum Gasteiger partial charge on any atom is -0.384 e. The van der Waals surface area contributed by atoms with Crippen molar-refractivity contribution in [1.82, 2.24) is 9.80 Å². The highest BCUT2D eigenvalue weighted by atomic mass is 16.2. The molecule has 1 N–H and O–H groups in total. The van der Waals surface area contributed by atoms with Gasteiger partial charge in [-0.2, -0.15) is 0 Å². The van der Waals surface area contributed by atoms with Crippen molar-refractivity contribution in [1.29, 1.82) is 0 Å². The van der Waals surface area contributed by atoms with Crippen LogP contribution in [0.25, 0.3) is 0 Å². The predicted molar refractivity (Wildman–Crippen MR) is 81.3 cm³/mol. The van der Waals surface area contributed by atoms with Crippen molar-refractivity contribution in [3.05, 3.63) is 29.3 Å². The molecule has 2 aliphatic heterocycles. The van der Waals surface area contributed by atoms with Crippen molar-refractivity contribution in [2.24, 2.45) is 0 Å². The molecule has 108 valence electrons. The zero-order chi connectivity index (χ0) is 13.9. The van der Waals surface area contributed by atoms with E-state index in [1.807, 2.05) is 30.1 Å². The van der Waals surface area contributed by atoms with Crippen LogP contribution in [0.15, 0.2) is 18.2 Å². The van der Waals surface area contributed by atoms with Crippen molar-refractivity contribution in [3.63, 3.8) is 0 Å². The first-order chi connectivity index (χ1) is 9.74. The van der Waals surface area contributed by atoms with E-state index in [4.69, 9.17) is 0 Å². The summed E-state index contributed by atoms with van der Waals surface area (Å²) in [5.74, 6) is 0.138. The second-order valence-corrected chi connectivity index (χ2v) is 5.82. The lowest BCUT2D eigenvalue weighted by molar-refractivity contribution is 0.0782. The van der Waals surface area contributed by atoms with Gasteiger partial charge in [-0.05, 0) is 56.1 Å². The van der Waals surface area contributed by atoms with Gasteiger partial charge in [0, 0.05) is 37.9 Å². The van der Waals surface area contributed by atoms with Gasteiger partial charge in [0.1, 0.15) is 0 Å². The molecular formula is C16H23N3O. The van der Waals surface area contributed by atoms with E-state index in [9.17, 15) is 4.79 Å². The Morgan fingerprint density at radius 2 is 2.15 bits per heavy atom. The number of likely N-dealkylation sites (N-methyl/N-ethyl adjacent to an activating group) is 1. The topological polar surface area (TPSA) is 35.6 Å². The average molecular weight is 273 g/mol. The summed E-state index contributed by atoms with van der Waals surface area (Å²) < 4.78 is 0. The molecule has 20 heavy (non-hydrogen) atoms. The Morgan fingerprint density at radius 1 is 1.35 bits per heavy atom. The van der Waals surface area contributed by atoms with Crippen molar-refractivity contribution in [2.75, 3.05) is 45.1 Å². The fourth-order valence-corrected chi connectivity index (χ4v) is 3.06. The lowest BCUT2D eigenvalue weighted by Gasteiger charge is -2.21. The van der Waals surface area contributed by atoms with Crippen molar-refractivity contribution < 1.29 is 4.79 Å². The third-order valence-electron chi connectivity index (χ3n) is 4.36. The highest BCUT2D eigenvalue weighted by Crippen LogP contribution is 2.23. The first kappa shape index (κ1) is 13.4. The van der Waals surface area contributed by atoms with E-state index in [0.29, 0.717) is 0 Å². The SMILES string of the molecule is CN(CCN1CCCC1)C(=O)c1ccc2c(c1)CCN2. The smallest absolute Gasteiger partial charge is 0.253 e. The minimum absolute atomic E-state index is 0.138. The molecular weight excluding hydrogens is 250 g/mol. The molecule has 0 aromatic heterocycles. The number of rotatable bonds is 4. The molecule has 1 amide bonds. The molecule has 0 unspecified atom stereocenters. The van der Waals surface area contributed by atoms with Crippen LogP contribution in [0.3, 0.4) is 0 Å². The van der Waals surface area contributed by atoms with E-state index in [1.165, 1.54) is 37.2 Å². The Kier molecular flexibility index (Phi) is 3.92. The highest BCUT2D eigenvalue weighted by molar-refractivity contribution is 5.94. The largest absolute Gasteiger partial charge is 0.384 e. The van der Waals surface area contributed by atoms with Crippen LogP contribution in [-0.2, 0) is 6.42 Å². The number of nitrogens with one attached hydrogen (secondary N) is 1. The van der Waals surface area contributed by atoms with Gasteiger partial charge in [-0.1, -0.05) is 0 Å². The standard InChI is InChI=1S/C16H23N3O/c1-18(10-11-19-8-2-3-9-19)16(20)14-4-5-15-13(12-14)6-7-17-15/h4-5,12,17H,2-3,6-11H2,1H3. The maximum absolute atomic E-state index is 12.4. The summed E-state index contributed by atoms with van der Waals surface area (Å²) in [6.45, 7) is 5.17. The van der Waals surface area contributed by atoms with Crippen LogP contribution in [0, 0.1) is 0 Å². The highest BCUT2D eigenvalue weighted by Gasteiger charge is 2.17. The summed E-state index contributed by atoms with van der Waals surface area (Å²) in [6, 6.07) is 6.01. The monoisotopic (exact) mass is 273 g/mol. The molecule has 2 aliphatic rings. The van der Waals surface area contributed by atoms with Gasteiger partial charge >= 0.3 is 0 Å². The minimum atomic E-state index is 0.138. The summed E-state index contributed by atoms with van der Waals surface area (Å²) >= 11 is 0. The first-order valence-corrected chi connectivity index (χ1v) is 7.58. The number of amides is 1. The molecule has 0 saturated carbocycles. The number of nitrogens with zero attached hydrogens (tertiary/aromatic N) is 2. The maximum atomic E-state index is 12.4. The average Bonchev–Trinajstić information content (AvgIpc) is 3.13. The summed E-state index contributed by atoms with van der Waals surface area (Å²) in [4.78, 5) is 16.7. The van der Waals surface area contributed by atoms with Crippen molar-refractivity contribution in [3.8, 4) is 0 Å². The number of hydrogen-bond acceptors (Lipinski definition) is 3. The molecule has 1 saturated heterocycles. The summed E-state index contributed by atoms with van der Waals surface area (Å²) in [7, 11) is 1.91. The maximum Gasteiger partial charge on any atom is 0.253 e. The Hall–Kier alpha value is -1.55. The van der Waals surface area contributed by atoms with Crippen LogP contribution >= 0.6 is 0 Å². The molecule has 0 bridgehead atoms. The Bertz CT molecular complexity index is 494. The van der Waals surface area contributed by atoms with E-state index < -0.39 is 0 Å². The lowest BCUT2D eigenvalue weighted by Crippen LogP contribution is -2.35. The number of carbonyl (C=O) groups excluding carboxylic acids is 1. The van der Waals surface area contributed by atoms with Gasteiger partial charge in [0.2, 0.25) is 0 Å². The van der Waals surface area contributed by atoms with Crippen LogP contribution in [-0.4, -0.2) is 55.5 Å². The zero-order valence-electron chi connectivity index (χ0n) is 12.2. The third-order valence-corrected chi connectivity index (χ3v) is 4.36. The van der Waals surface area contributed by atoms with Crippen LogP contribution in [0.1, 0.15) is 28.8 Å². The Balaban J connectivity index is 1.59. The molecule has 0 aliphatic carbocycles. The van der Waals surface area contributed by atoms with Crippen molar-refractivity contribution in [2.45, 2.75) is 19.3 Å². The number of likely N-dealkylation sites (tertiary alicyclic amines) is 1. The predicted octanol–water partition coefficient (Wildman–Crippen LogP) is 1.82. The van der Waals surface area contributed by atoms with E-state index >= 15 is 0 Å². The summed E-state index contributed by atoms with van der Waals surface area (Å²) in [5.41, 5.74) is 3.27. The van der Waals surface area contributed by atoms with Crippen LogP contribution in [0.4, 0.5) is 5.69 Å². The summed E-state index contributed by atoms with van der Waals surface area (Å²) in [5, 5.41) is 3.33. The summed E-state index contributed by atoms with van der Waals surface area (Å²) in [6.07, 6.45) is 3.62. The molecule has 0 atom stereocenters. The quantitative estimate of drug-likeness (QED) is 0.909. The van der Waals surface area contributed by atoms with E-state index in [2.05, 4.69) is 10.2 Å². The molecule has 1 fully saturated rings. The van der Waals surface area contributed by atoms with Crippen LogP contribution in [0.5, 0.6) is 0 Å². The second kappa shape index (κ2) is 5.83.